The zero-order valence-electron chi connectivity index (χ0n) is 13.3. The van der Waals surface area contributed by atoms with Crippen molar-refractivity contribution in [2.24, 2.45) is 0 Å². The average molecular weight is 329 g/mol. The van der Waals surface area contributed by atoms with E-state index in [4.69, 9.17) is 19.5 Å². The zero-order valence-corrected chi connectivity index (χ0v) is 13.3. The molecule has 0 fully saturated rings. The lowest BCUT2D eigenvalue weighted by atomic mass is 10.2. The summed E-state index contributed by atoms with van der Waals surface area (Å²) >= 11 is 0. The topological polar surface area (TPSA) is 68.6 Å². The lowest BCUT2D eigenvalue weighted by Crippen LogP contribution is -2.26. The first kappa shape index (κ1) is 17.3. The van der Waals surface area contributed by atoms with E-state index in [1.165, 1.54) is 25.3 Å². The number of benzene rings is 2. The van der Waals surface area contributed by atoms with Crippen LogP contribution in [0, 0.1) is 17.1 Å². The van der Waals surface area contributed by atoms with Crippen molar-refractivity contribution in [1.29, 1.82) is 5.26 Å². The van der Waals surface area contributed by atoms with E-state index in [2.05, 4.69) is 0 Å². The maximum absolute atomic E-state index is 13.3. The van der Waals surface area contributed by atoms with Crippen LogP contribution in [-0.4, -0.2) is 19.2 Å². The summed E-state index contributed by atoms with van der Waals surface area (Å²) in [6.07, 6.45) is -0.850. The van der Waals surface area contributed by atoms with E-state index in [9.17, 15) is 9.18 Å². The quantitative estimate of drug-likeness (QED) is 0.761. The van der Waals surface area contributed by atoms with Crippen molar-refractivity contribution >= 4 is 5.97 Å². The summed E-state index contributed by atoms with van der Waals surface area (Å²) < 4.78 is 29.0. The van der Waals surface area contributed by atoms with E-state index in [1.807, 2.05) is 6.07 Å². The number of hydrogen-bond acceptors (Lipinski definition) is 5. The number of carbonyl (C=O) groups excluding carboxylic acids is 1. The van der Waals surface area contributed by atoms with Crippen LogP contribution in [0.3, 0.4) is 0 Å². The second-order valence-electron chi connectivity index (χ2n) is 4.96. The van der Waals surface area contributed by atoms with Gasteiger partial charge in [0, 0.05) is 5.56 Å². The molecule has 124 valence electrons. The standard InChI is InChI=1S/C18H16FNO4/c1-12(24-16-6-3-13(10-20)4-7-16)18(21)23-11-14-9-15(19)5-8-17(14)22-2/h3-9,12H,11H2,1-2H3/t12-/m1/s1. The van der Waals surface area contributed by atoms with Crippen molar-refractivity contribution < 1.29 is 23.4 Å². The molecule has 1 atom stereocenters. The number of ether oxygens (including phenoxy) is 3. The summed E-state index contributed by atoms with van der Waals surface area (Å²) in [5.41, 5.74) is 0.923. The summed E-state index contributed by atoms with van der Waals surface area (Å²) in [6, 6.07) is 12.3. The molecule has 2 aromatic carbocycles. The molecule has 0 saturated carbocycles. The second-order valence-corrected chi connectivity index (χ2v) is 4.96. The second kappa shape index (κ2) is 7.97. The fraction of sp³-hybridized carbons (Fsp3) is 0.222. The summed E-state index contributed by atoms with van der Waals surface area (Å²) in [6.45, 7) is 1.42. The number of esters is 1. The monoisotopic (exact) mass is 329 g/mol. The Bertz CT molecular complexity index is 753. The van der Waals surface area contributed by atoms with E-state index < -0.39 is 17.9 Å². The van der Waals surface area contributed by atoms with Gasteiger partial charge in [-0.1, -0.05) is 0 Å². The van der Waals surface area contributed by atoms with Gasteiger partial charge >= 0.3 is 5.97 Å². The molecule has 0 aromatic heterocycles. The van der Waals surface area contributed by atoms with Gasteiger partial charge in [-0.2, -0.15) is 5.26 Å². The van der Waals surface area contributed by atoms with E-state index in [0.29, 0.717) is 22.6 Å². The van der Waals surface area contributed by atoms with Gasteiger partial charge in [-0.25, -0.2) is 9.18 Å². The van der Waals surface area contributed by atoms with Crippen LogP contribution in [0.15, 0.2) is 42.5 Å². The van der Waals surface area contributed by atoms with E-state index in [1.54, 1.807) is 31.2 Å². The molecule has 2 aromatic rings. The van der Waals surface area contributed by atoms with Crippen LogP contribution in [-0.2, 0) is 16.1 Å². The summed E-state index contributed by atoms with van der Waals surface area (Å²) in [7, 11) is 1.45. The summed E-state index contributed by atoms with van der Waals surface area (Å²) in [4.78, 5) is 12.0. The predicted octanol–water partition coefficient (Wildman–Crippen LogP) is 3.22. The minimum Gasteiger partial charge on any atom is -0.496 e. The molecule has 0 heterocycles. The molecule has 0 spiro atoms. The third kappa shape index (κ3) is 4.46. The molecule has 0 bridgehead atoms. The molecule has 6 heteroatoms. The van der Waals surface area contributed by atoms with E-state index >= 15 is 0 Å². The Morgan fingerprint density at radius 2 is 1.96 bits per heavy atom. The minimum atomic E-state index is -0.850. The first-order valence-corrected chi connectivity index (χ1v) is 7.19. The van der Waals surface area contributed by atoms with Gasteiger partial charge < -0.3 is 14.2 Å². The largest absolute Gasteiger partial charge is 0.496 e. The molecule has 0 aliphatic heterocycles. The average Bonchev–Trinajstić information content (AvgIpc) is 2.60. The van der Waals surface area contributed by atoms with Gasteiger partial charge in [0.25, 0.3) is 0 Å². The van der Waals surface area contributed by atoms with Crippen molar-refractivity contribution in [2.75, 3.05) is 7.11 Å². The van der Waals surface area contributed by atoms with Gasteiger partial charge in [0.15, 0.2) is 6.10 Å². The molecular formula is C18H16FNO4. The highest BCUT2D eigenvalue weighted by Crippen LogP contribution is 2.20. The highest BCUT2D eigenvalue weighted by Gasteiger charge is 2.17. The summed E-state index contributed by atoms with van der Waals surface area (Å²) in [5, 5.41) is 8.74. The van der Waals surface area contributed by atoms with Gasteiger partial charge in [-0.05, 0) is 49.4 Å². The van der Waals surface area contributed by atoms with Crippen LogP contribution in [0.4, 0.5) is 4.39 Å². The zero-order chi connectivity index (χ0) is 17.5. The van der Waals surface area contributed by atoms with Crippen molar-refractivity contribution in [3.8, 4) is 17.6 Å². The van der Waals surface area contributed by atoms with Crippen LogP contribution in [0.2, 0.25) is 0 Å². The first-order chi connectivity index (χ1) is 11.5. The number of nitriles is 1. The number of nitrogens with zero attached hydrogens (tertiary/aromatic N) is 1. The molecule has 0 unspecified atom stereocenters. The van der Waals surface area contributed by atoms with Crippen molar-refractivity contribution in [2.45, 2.75) is 19.6 Å². The van der Waals surface area contributed by atoms with Crippen LogP contribution < -0.4 is 9.47 Å². The Labute approximate surface area is 139 Å². The number of hydrogen-bond donors (Lipinski definition) is 0. The number of halogens is 1. The van der Waals surface area contributed by atoms with Gasteiger partial charge in [-0.15, -0.1) is 0 Å². The van der Waals surface area contributed by atoms with Crippen molar-refractivity contribution in [3.63, 3.8) is 0 Å². The fourth-order valence-electron chi connectivity index (χ4n) is 1.99. The Balaban J connectivity index is 1.94. The van der Waals surface area contributed by atoms with Gasteiger partial charge in [0.1, 0.15) is 23.9 Å². The molecular weight excluding hydrogens is 313 g/mol. The normalized spacial score (nSPS) is 11.2. The number of rotatable bonds is 6. The third-order valence-corrected chi connectivity index (χ3v) is 3.24. The number of carbonyl (C=O) groups is 1. The first-order valence-electron chi connectivity index (χ1n) is 7.19. The van der Waals surface area contributed by atoms with Crippen molar-refractivity contribution in [3.05, 3.63) is 59.4 Å². The maximum atomic E-state index is 13.3. The van der Waals surface area contributed by atoms with Crippen LogP contribution in [0.5, 0.6) is 11.5 Å². The third-order valence-electron chi connectivity index (χ3n) is 3.24. The molecule has 0 aliphatic rings. The molecule has 5 nitrogen and oxygen atoms in total. The molecule has 0 amide bonds. The minimum absolute atomic E-state index is 0.124. The molecule has 0 N–H and O–H groups in total. The number of methoxy groups -OCH3 is 1. The Hall–Kier alpha value is -3.07. The van der Waals surface area contributed by atoms with Gasteiger partial charge in [-0.3, -0.25) is 0 Å². The van der Waals surface area contributed by atoms with Crippen LogP contribution >= 0.6 is 0 Å². The van der Waals surface area contributed by atoms with Gasteiger partial charge in [0.2, 0.25) is 0 Å². The highest BCUT2D eigenvalue weighted by atomic mass is 19.1. The highest BCUT2D eigenvalue weighted by molar-refractivity contribution is 5.74. The van der Waals surface area contributed by atoms with Gasteiger partial charge in [0.05, 0.1) is 18.7 Å². The van der Waals surface area contributed by atoms with Crippen molar-refractivity contribution in [1.82, 2.24) is 0 Å². The lowest BCUT2D eigenvalue weighted by Gasteiger charge is -2.15. The van der Waals surface area contributed by atoms with E-state index in [0.717, 1.165) is 0 Å². The van der Waals surface area contributed by atoms with Crippen LogP contribution in [0.25, 0.3) is 0 Å². The molecule has 0 radical (unpaired) electrons. The SMILES string of the molecule is COc1ccc(F)cc1COC(=O)[C@@H](C)Oc1ccc(C#N)cc1. The Kier molecular flexibility index (Phi) is 5.74. The molecule has 0 saturated heterocycles. The molecule has 2 rings (SSSR count). The fourth-order valence-corrected chi connectivity index (χ4v) is 1.99. The van der Waals surface area contributed by atoms with Crippen LogP contribution in [0.1, 0.15) is 18.1 Å². The molecule has 24 heavy (non-hydrogen) atoms. The molecule has 0 aliphatic carbocycles. The lowest BCUT2D eigenvalue weighted by molar-refractivity contribution is -0.152. The smallest absolute Gasteiger partial charge is 0.347 e. The van der Waals surface area contributed by atoms with E-state index in [-0.39, 0.29) is 6.61 Å². The maximum Gasteiger partial charge on any atom is 0.347 e. The summed E-state index contributed by atoms with van der Waals surface area (Å²) in [5.74, 6) is -0.152. The predicted molar refractivity (Wildman–Crippen MR) is 84.0 cm³/mol. The Morgan fingerprint density at radius 1 is 1.25 bits per heavy atom. The Morgan fingerprint density at radius 3 is 2.58 bits per heavy atom.